The summed E-state index contributed by atoms with van der Waals surface area (Å²) in [6.07, 6.45) is 1.93. The molecule has 0 fully saturated rings. The number of aliphatic hydroxyl groups is 1. The predicted octanol–water partition coefficient (Wildman–Crippen LogP) is 1.90. The van der Waals surface area contributed by atoms with E-state index in [1.54, 1.807) is 4.68 Å². The molecule has 1 aromatic carbocycles. The zero-order chi connectivity index (χ0) is 13.2. The maximum Gasteiger partial charge on any atom is 0.122 e. The fourth-order valence-electron chi connectivity index (χ4n) is 2.37. The third-order valence-corrected chi connectivity index (χ3v) is 3.49. The highest BCUT2D eigenvalue weighted by Gasteiger charge is 2.24. The number of ether oxygens (including phenoxy) is 1. The lowest BCUT2D eigenvalue weighted by Gasteiger charge is -2.08. The number of rotatable bonds is 4. The molecule has 3 rings (SSSR count). The van der Waals surface area contributed by atoms with Crippen LogP contribution in [0.1, 0.15) is 36.6 Å². The van der Waals surface area contributed by atoms with E-state index in [9.17, 15) is 5.11 Å². The van der Waals surface area contributed by atoms with Gasteiger partial charge in [-0.05, 0) is 12.5 Å². The summed E-state index contributed by atoms with van der Waals surface area (Å²) in [6, 6.07) is 8.08. The first-order valence-electron chi connectivity index (χ1n) is 6.57. The Balaban J connectivity index is 1.74. The zero-order valence-corrected chi connectivity index (χ0v) is 10.9. The number of para-hydroxylation sites is 1. The maximum absolute atomic E-state index is 9.72. The van der Waals surface area contributed by atoms with Crippen molar-refractivity contribution in [2.75, 3.05) is 6.61 Å². The van der Waals surface area contributed by atoms with E-state index in [-0.39, 0.29) is 0 Å². The molecule has 0 spiro atoms. The van der Waals surface area contributed by atoms with Gasteiger partial charge in [-0.25, -0.2) is 0 Å². The summed E-state index contributed by atoms with van der Waals surface area (Å²) >= 11 is 0. The topological polar surface area (TPSA) is 60.2 Å². The molecule has 5 nitrogen and oxygen atoms in total. The van der Waals surface area contributed by atoms with Gasteiger partial charge in [-0.15, -0.1) is 5.10 Å². The molecule has 2 heterocycles. The van der Waals surface area contributed by atoms with E-state index in [0.29, 0.717) is 24.6 Å². The minimum Gasteiger partial charge on any atom is -0.493 e. The third-order valence-electron chi connectivity index (χ3n) is 3.49. The van der Waals surface area contributed by atoms with Crippen molar-refractivity contribution < 1.29 is 9.84 Å². The van der Waals surface area contributed by atoms with E-state index < -0.39 is 6.10 Å². The number of hydrogen-bond acceptors (Lipinski definition) is 4. The summed E-state index contributed by atoms with van der Waals surface area (Å²) in [7, 11) is 0. The van der Waals surface area contributed by atoms with Crippen molar-refractivity contribution in [3.05, 3.63) is 41.7 Å². The van der Waals surface area contributed by atoms with Crippen LogP contribution in [-0.2, 0) is 6.54 Å². The van der Waals surface area contributed by atoms with Crippen LogP contribution >= 0.6 is 0 Å². The third kappa shape index (κ3) is 2.33. The van der Waals surface area contributed by atoms with E-state index in [1.807, 2.05) is 31.3 Å². The van der Waals surface area contributed by atoms with Crippen LogP contribution in [0.5, 0.6) is 5.75 Å². The molecule has 0 aliphatic carbocycles. The van der Waals surface area contributed by atoms with Crippen molar-refractivity contribution >= 4 is 0 Å². The summed E-state index contributed by atoms with van der Waals surface area (Å²) in [5.74, 6) is 1.26. The maximum atomic E-state index is 9.72. The summed E-state index contributed by atoms with van der Waals surface area (Å²) in [4.78, 5) is 0. The van der Waals surface area contributed by atoms with Gasteiger partial charge in [-0.1, -0.05) is 30.3 Å². The molecule has 19 heavy (non-hydrogen) atoms. The predicted molar refractivity (Wildman–Crippen MR) is 70.0 cm³/mol. The number of fused-ring (bicyclic) bond motifs is 1. The van der Waals surface area contributed by atoms with Crippen LogP contribution in [0.25, 0.3) is 0 Å². The molecule has 0 bridgehead atoms. The van der Waals surface area contributed by atoms with E-state index >= 15 is 0 Å². The Morgan fingerprint density at radius 1 is 1.47 bits per heavy atom. The number of nitrogens with zero attached hydrogens (tertiary/aromatic N) is 3. The molecule has 1 aliphatic heterocycles. The van der Waals surface area contributed by atoms with Crippen LogP contribution in [0.4, 0.5) is 0 Å². The van der Waals surface area contributed by atoms with Gasteiger partial charge in [-0.2, -0.15) is 0 Å². The number of benzene rings is 1. The second-order valence-electron chi connectivity index (χ2n) is 4.84. The Kier molecular flexibility index (Phi) is 3.21. The Bertz CT molecular complexity index is 567. The highest BCUT2D eigenvalue weighted by molar-refractivity contribution is 5.39. The van der Waals surface area contributed by atoms with Gasteiger partial charge in [0.1, 0.15) is 11.4 Å². The van der Waals surface area contributed by atoms with Crippen molar-refractivity contribution in [2.45, 2.75) is 31.9 Å². The smallest absolute Gasteiger partial charge is 0.122 e. The normalized spacial score (nSPS) is 18.9. The highest BCUT2D eigenvalue weighted by Crippen LogP contribution is 2.34. The van der Waals surface area contributed by atoms with E-state index in [1.165, 1.54) is 5.56 Å². The highest BCUT2D eigenvalue weighted by atomic mass is 16.5. The second kappa shape index (κ2) is 5.01. The lowest BCUT2D eigenvalue weighted by atomic mass is 10.0. The Hall–Kier alpha value is -1.88. The lowest BCUT2D eigenvalue weighted by Crippen LogP contribution is -2.11. The molecular weight excluding hydrogens is 242 g/mol. The fraction of sp³-hybridized carbons (Fsp3) is 0.429. The molecule has 0 saturated heterocycles. The summed E-state index contributed by atoms with van der Waals surface area (Å²) in [5.41, 5.74) is 1.85. The van der Waals surface area contributed by atoms with Crippen molar-refractivity contribution in [2.24, 2.45) is 0 Å². The van der Waals surface area contributed by atoms with Crippen LogP contribution in [-0.4, -0.2) is 26.7 Å². The van der Waals surface area contributed by atoms with Crippen LogP contribution < -0.4 is 4.74 Å². The van der Waals surface area contributed by atoms with E-state index in [2.05, 4.69) is 16.4 Å². The Morgan fingerprint density at radius 2 is 2.32 bits per heavy atom. The van der Waals surface area contributed by atoms with E-state index in [4.69, 9.17) is 4.74 Å². The van der Waals surface area contributed by atoms with Crippen LogP contribution in [0.2, 0.25) is 0 Å². The van der Waals surface area contributed by atoms with Gasteiger partial charge in [0.2, 0.25) is 0 Å². The largest absolute Gasteiger partial charge is 0.493 e. The molecule has 1 N–H and O–H groups in total. The van der Waals surface area contributed by atoms with E-state index in [0.717, 1.165) is 12.3 Å². The summed E-state index contributed by atoms with van der Waals surface area (Å²) < 4.78 is 7.43. The standard InChI is InChI=1S/C14H17N3O2/c1-2-13(18)12-8-17(16-15-12)7-10-9-19-14-6-4-3-5-11(10)14/h3-6,8,10,13,18H,2,7,9H2,1H3. The molecule has 0 amide bonds. The van der Waals surface area contributed by atoms with Crippen molar-refractivity contribution in [3.8, 4) is 5.75 Å². The first kappa shape index (κ1) is 12.2. The molecule has 0 saturated carbocycles. The molecule has 1 aromatic heterocycles. The minimum absolute atomic E-state index is 0.296. The van der Waals surface area contributed by atoms with Crippen molar-refractivity contribution in [1.29, 1.82) is 0 Å². The minimum atomic E-state index is -0.527. The molecule has 100 valence electrons. The van der Waals surface area contributed by atoms with Gasteiger partial charge >= 0.3 is 0 Å². The molecule has 0 radical (unpaired) electrons. The number of hydrogen-bond donors (Lipinski definition) is 1. The lowest BCUT2D eigenvalue weighted by molar-refractivity contribution is 0.168. The van der Waals surface area contributed by atoms with Crippen LogP contribution in [0, 0.1) is 0 Å². The van der Waals surface area contributed by atoms with Gasteiger partial charge in [0.05, 0.1) is 25.5 Å². The molecule has 5 heteroatoms. The molecular formula is C14H17N3O2. The average molecular weight is 259 g/mol. The average Bonchev–Trinajstić information content (AvgIpc) is 3.06. The molecule has 2 aromatic rings. The zero-order valence-electron chi connectivity index (χ0n) is 10.9. The van der Waals surface area contributed by atoms with Gasteiger partial charge in [-0.3, -0.25) is 4.68 Å². The Labute approximate surface area is 111 Å². The first-order valence-corrected chi connectivity index (χ1v) is 6.57. The molecule has 2 unspecified atom stereocenters. The summed E-state index contributed by atoms with van der Waals surface area (Å²) in [5, 5.41) is 17.8. The van der Waals surface area contributed by atoms with Gasteiger partial charge < -0.3 is 9.84 Å². The van der Waals surface area contributed by atoms with Crippen LogP contribution in [0.3, 0.4) is 0 Å². The van der Waals surface area contributed by atoms with Gasteiger partial charge in [0.25, 0.3) is 0 Å². The SMILES string of the molecule is CCC(O)c1cn(CC2COc3ccccc32)nn1. The van der Waals surface area contributed by atoms with Crippen molar-refractivity contribution in [3.63, 3.8) is 0 Å². The molecule has 1 aliphatic rings. The Morgan fingerprint density at radius 3 is 3.16 bits per heavy atom. The van der Waals surface area contributed by atoms with Crippen molar-refractivity contribution in [1.82, 2.24) is 15.0 Å². The monoisotopic (exact) mass is 259 g/mol. The summed E-state index contributed by atoms with van der Waals surface area (Å²) in [6.45, 7) is 3.32. The number of aliphatic hydroxyl groups excluding tert-OH is 1. The first-order chi connectivity index (χ1) is 9.28. The molecule has 2 atom stereocenters. The van der Waals surface area contributed by atoms with Gasteiger partial charge in [0.15, 0.2) is 0 Å². The quantitative estimate of drug-likeness (QED) is 0.911. The second-order valence-corrected chi connectivity index (χ2v) is 4.84. The van der Waals surface area contributed by atoms with Crippen LogP contribution in [0.15, 0.2) is 30.5 Å². The van der Waals surface area contributed by atoms with Gasteiger partial charge in [0, 0.05) is 11.5 Å². The fourth-order valence-corrected chi connectivity index (χ4v) is 2.37. The number of aromatic nitrogens is 3.